The number of ether oxygens (including phenoxy) is 2. The minimum Gasteiger partial charge on any atom is -0.465 e. The smallest absolute Gasteiger partial charge is 0.305 e. The van der Waals surface area contributed by atoms with Crippen molar-refractivity contribution in [1.29, 1.82) is 0 Å². The molecule has 4 heteroatoms. The Labute approximate surface area is 327 Å². The summed E-state index contributed by atoms with van der Waals surface area (Å²) in [6, 6.07) is 0. The second-order valence-electron chi connectivity index (χ2n) is 16.2. The molecule has 0 rings (SSSR count). The maximum Gasteiger partial charge on any atom is 0.305 e. The van der Waals surface area contributed by atoms with Crippen molar-refractivity contribution >= 4 is 11.9 Å². The molecule has 4 nitrogen and oxygen atoms in total. The van der Waals surface area contributed by atoms with Crippen molar-refractivity contribution < 1.29 is 19.1 Å². The Morgan fingerprint density at radius 1 is 0.308 bits per heavy atom. The van der Waals surface area contributed by atoms with Crippen LogP contribution in [0.3, 0.4) is 0 Å². The summed E-state index contributed by atoms with van der Waals surface area (Å²) >= 11 is 0. The summed E-state index contributed by atoms with van der Waals surface area (Å²) in [6.45, 7) is 14.7. The van der Waals surface area contributed by atoms with Crippen LogP contribution >= 0.6 is 0 Å². The second kappa shape index (κ2) is 46.1. The van der Waals surface area contributed by atoms with E-state index in [2.05, 4.69) is 41.5 Å². The lowest BCUT2D eigenvalue weighted by molar-refractivity contribution is -0.146. The Balaban J connectivity index is 0. The fourth-order valence-corrected chi connectivity index (χ4v) is 7.08. The van der Waals surface area contributed by atoms with Crippen LogP contribution in [0.2, 0.25) is 0 Å². The summed E-state index contributed by atoms with van der Waals surface area (Å²) in [5.74, 6) is 1.22. The average molecular weight is 737 g/mol. The first-order valence-corrected chi connectivity index (χ1v) is 23.8. The van der Waals surface area contributed by atoms with Gasteiger partial charge in [-0.3, -0.25) is 9.59 Å². The third kappa shape index (κ3) is 43.3. The summed E-state index contributed by atoms with van der Waals surface area (Å²) in [4.78, 5) is 23.8. The molecular formula is C48H96O4. The number of carbonyl (C=O) groups is 2. The molecule has 0 atom stereocenters. The van der Waals surface area contributed by atoms with Gasteiger partial charge in [0.2, 0.25) is 0 Å². The maximum absolute atomic E-state index is 11.9. The average Bonchev–Trinajstić information content (AvgIpc) is 3.14. The van der Waals surface area contributed by atoms with Gasteiger partial charge >= 0.3 is 11.9 Å². The number of rotatable bonds is 40. The fraction of sp³-hybridized carbons (Fsp3) is 0.958. The number of carbonyl (C=O) groups excluding carboxylic acids is 2. The lowest BCUT2D eigenvalue weighted by Crippen LogP contribution is -2.14. The van der Waals surface area contributed by atoms with Crippen molar-refractivity contribution in [3.05, 3.63) is 0 Å². The Hall–Kier alpha value is -1.06. The van der Waals surface area contributed by atoms with Gasteiger partial charge in [-0.05, 0) is 50.4 Å². The zero-order valence-electron chi connectivity index (χ0n) is 36.7. The van der Waals surface area contributed by atoms with E-state index in [1.165, 1.54) is 180 Å². The molecule has 0 heterocycles. The third-order valence-corrected chi connectivity index (χ3v) is 10.8. The van der Waals surface area contributed by atoms with Gasteiger partial charge in [0.25, 0.3) is 0 Å². The molecule has 312 valence electrons. The van der Waals surface area contributed by atoms with E-state index in [9.17, 15) is 9.59 Å². The molecule has 52 heavy (non-hydrogen) atoms. The minimum atomic E-state index is 0.0225. The lowest BCUT2D eigenvalue weighted by Gasteiger charge is -2.17. The molecular weight excluding hydrogens is 641 g/mol. The molecule has 0 saturated carbocycles. The molecule has 0 aromatic rings. The number of esters is 2. The summed E-state index contributed by atoms with van der Waals surface area (Å²) in [6.07, 6.45) is 45.0. The van der Waals surface area contributed by atoms with Crippen LogP contribution < -0.4 is 0 Å². The van der Waals surface area contributed by atoms with Gasteiger partial charge in [0, 0.05) is 12.8 Å². The van der Waals surface area contributed by atoms with Gasteiger partial charge in [-0.25, -0.2) is 0 Å². The standard InChI is InChI=1S/2C24H48O2/c2*1-4-7-10-12-14-17-19-23(20-18-15-13-11-8-5-2)22-26-24(25)21-16-9-6-3/h2*23H,4-22H2,1-3H3. The topological polar surface area (TPSA) is 52.6 Å². The van der Waals surface area contributed by atoms with E-state index >= 15 is 0 Å². The molecule has 0 aliphatic rings. The van der Waals surface area contributed by atoms with Gasteiger partial charge in [0.1, 0.15) is 0 Å². The molecule has 0 unspecified atom stereocenters. The van der Waals surface area contributed by atoms with Crippen molar-refractivity contribution in [1.82, 2.24) is 0 Å². The first-order chi connectivity index (χ1) is 25.5. The third-order valence-electron chi connectivity index (χ3n) is 10.8. The minimum absolute atomic E-state index is 0.0225. The van der Waals surface area contributed by atoms with Crippen LogP contribution in [0.4, 0.5) is 0 Å². The highest BCUT2D eigenvalue weighted by Crippen LogP contribution is 2.22. The van der Waals surface area contributed by atoms with E-state index in [0.29, 0.717) is 37.9 Å². The quantitative estimate of drug-likeness (QED) is 0.0464. The SMILES string of the molecule is CCCCCCCCC(CCCCCCCC)COC(=O)CCCCC.CCCCCCCCC(CCCCCCCC)COC(=O)CCCCC. The Bertz CT molecular complexity index is 602. The van der Waals surface area contributed by atoms with Gasteiger partial charge in [-0.1, -0.05) is 221 Å². The van der Waals surface area contributed by atoms with Gasteiger partial charge in [-0.2, -0.15) is 0 Å². The molecule has 0 aromatic heterocycles. The zero-order chi connectivity index (χ0) is 38.6. The monoisotopic (exact) mass is 737 g/mol. The summed E-state index contributed by atoms with van der Waals surface area (Å²) < 4.78 is 11.2. The molecule has 0 aromatic carbocycles. The van der Waals surface area contributed by atoms with Crippen molar-refractivity contribution in [2.45, 2.75) is 273 Å². The van der Waals surface area contributed by atoms with E-state index in [1.807, 2.05) is 0 Å². The predicted molar refractivity (Wildman–Crippen MR) is 229 cm³/mol. The van der Waals surface area contributed by atoms with Crippen molar-refractivity contribution in [3.63, 3.8) is 0 Å². The normalized spacial score (nSPS) is 11.2. The van der Waals surface area contributed by atoms with Gasteiger partial charge in [-0.15, -0.1) is 0 Å². The van der Waals surface area contributed by atoms with Crippen LogP contribution in [0.25, 0.3) is 0 Å². The first-order valence-electron chi connectivity index (χ1n) is 23.8. The van der Waals surface area contributed by atoms with Crippen LogP contribution in [-0.4, -0.2) is 25.2 Å². The highest BCUT2D eigenvalue weighted by atomic mass is 16.5. The maximum atomic E-state index is 11.9. The lowest BCUT2D eigenvalue weighted by atomic mass is 9.94. The molecule has 0 radical (unpaired) electrons. The highest BCUT2D eigenvalue weighted by molar-refractivity contribution is 5.69. The Morgan fingerprint density at radius 2 is 0.519 bits per heavy atom. The largest absolute Gasteiger partial charge is 0.465 e. The predicted octanol–water partition coefficient (Wildman–Crippen LogP) is 16.5. The first kappa shape index (κ1) is 53.0. The van der Waals surface area contributed by atoms with Crippen LogP contribution in [0.1, 0.15) is 273 Å². The van der Waals surface area contributed by atoms with Crippen LogP contribution in [0.15, 0.2) is 0 Å². The van der Waals surface area contributed by atoms with Crippen molar-refractivity contribution in [2.24, 2.45) is 11.8 Å². The molecule has 0 N–H and O–H groups in total. The van der Waals surface area contributed by atoms with E-state index in [1.54, 1.807) is 0 Å². The van der Waals surface area contributed by atoms with E-state index in [4.69, 9.17) is 9.47 Å². The molecule has 0 amide bonds. The van der Waals surface area contributed by atoms with Crippen LogP contribution in [0.5, 0.6) is 0 Å². The van der Waals surface area contributed by atoms with E-state index in [-0.39, 0.29) is 11.9 Å². The molecule has 0 aliphatic carbocycles. The van der Waals surface area contributed by atoms with Crippen molar-refractivity contribution in [2.75, 3.05) is 13.2 Å². The Morgan fingerprint density at radius 3 is 0.769 bits per heavy atom. The molecule has 0 spiro atoms. The molecule has 0 aliphatic heterocycles. The number of hydrogen-bond acceptors (Lipinski definition) is 4. The summed E-state index contributed by atoms with van der Waals surface area (Å²) in [5, 5.41) is 0. The molecule has 0 fully saturated rings. The Kier molecular flexibility index (Phi) is 47.0. The summed E-state index contributed by atoms with van der Waals surface area (Å²) in [5.41, 5.74) is 0. The highest BCUT2D eigenvalue weighted by Gasteiger charge is 2.13. The molecule has 0 bridgehead atoms. The summed E-state index contributed by atoms with van der Waals surface area (Å²) in [7, 11) is 0. The number of unbranched alkanes of at least 4 members (excludes halogenated alkanes) is 24. The van der Waals surface area contributed by atoms with E-state index in [0.717, 1.165) is 38.5 Å². The van der Waals surface area contributed by atoms with E-state index < -0.39 is 0 Å². The van der Waals surface area contributed by atoms with Crippen molar-refractivity contribution in [3.8, 4) is 0 Å². The fourth-order valence-electron chi connectivity index (χ4n) is 7.08. The van der Waals surface area contributed by atoms with Crippen LogP contribution in [0, 0.1) is 11.8 Å². The van der Waals surface area contributed by atoms with Gasteiger partial charge in [0.05, 0.1) is 13.2 Å². The zero-order valence-corrected chi connectivity index (χ0v) is 36.7. The van der Waals surface area contributed by atoms with Gasteiger partial charge < -0.3 is 9.47 Å². The van der Waals surface area contributed by atoms with Gasteiger partial charge in [0.15, 0.2) is 0 Å². The van der Waals surface area contributed by atoms with Crippen LogP contribution in [-0.2, 0) is 19.1 Å². The number of hydrogen-bond donors (Lipinski definition) is 0. The second-order valence-corrected chi connectivity index (χ2v) is 16.2. The molecule has 0 saturated heterocycles.